The van der Waals surface area contributed by atoms with Gasteiger partial charge in [-0.15, -0.1) is 0 Å². The molecule has 0 heterocycles. The number of carboxylic acid groups (broad SMARTS) is 1. The number of hydrogen-bond acceptors (Lipinski definition) is 4. The van der Waals surface area contributed by atoms with Gasteiger partial charge in [-0.2, -0.15) is 0 Å². The lowest BCUT2D eigenvalue weighted by molar-refractivity contribution is -0.144. The fourth-order valence-corrected chi connectivity index (χ4v) is 5.35. The Bertz CT molecular complexity index is 1040. The van der Waals surface area contributed by atoms with E-state index in [9.17, 15) is 19.5 Å². The van der Waals surface area contributed by atoms with Crippen molar-refractivity contribution >= 4 is 18.0 Å². The first-order valence-corrected chi connectivity index (χ1v) is 12.5. The van der Waals surface area contributed by atoms with Gasteiger partial charge in [0, 0.05) is 12.0 Å². The average molecular weight is 479 g/mol. The van der Waals surface area contributed by atoms with Gasteiger partial charge in [0.1, 0.15) is 12.6 Å². The lowest BCUT2D eigenvalue weighted by Crippen LogP contribution is -2.53. The molecule has 2 aliphatic carbocycles. The lowest BCUT2D eigenvalue weighted by Gasteiger charge is -2.32. The average Bonchev–Trinajstić information content (AvgIpc) is 3.19. The van der Waals surface area contributed by atoms with Crippen LogP contribution in [-0.2, 0) is 14.3 Å². The zero-order valence-corrected chi connectivity index (χ0v) is 20.3. The molecule has 4 rings (SSSR count). The Hall–Kier alpha value is -3.35. The number of rotatable bonds is 8. The Morgan fingerprint density at radius 2 is 1.60 bits per heavy atom. The highest BCUT2D eigenvalue weighted by atomic mass is 16.5. The van der Waals surface area contributed by atoms with Crippen molar-refractivity contribution in [2.24, 2.45) is 11.8 Å². The van der Waals surface area contributed by atoms with Gasteiger partial charge in [0.15, 0.2) is 0 Å². The van der Waals surface area contributed by atoms with E-state index in [1.807, 2.05) is 38.1 Å². The molecule has 0 aliphatic heterocycles. The van der Waals surface area contributed by atoms with Crippen LogP contribution in [0, 0.1) is 11.8 Å². The molecule has 1 saturated carbocycles. The SMILES string of the molecule is CC[C@H](C)[C@H](NC(=O)C1CCCCC1NC(=O)OCC1c2ccccc2-c2ccccc21)C(=O)O. The highest BCUT2D eigenvalue weighted by Gasteiger charge is 2.36. The Labute approximate surface area is 206 Å². The van der Waals surface area contributed by atoms with Crippen LogP contribution in [0.25, 0.3) is 11.1 Å². The number of carbonyl (C=O) groups excluding carboxylic acids is 2. The Kier molecular flexibility index (Phi) is 7.73. The van der Waals surface area contributed by atoms with E-state index in [0.717, 1.165) is 35.1 Å². The van der Waals surface area contributed by atoms with Crippen LogP contribution in [0.15, 0.2) is 48.5 Å². The van der Waals surface area contributed by atoms with Gasteiger partial charge in [0.25, 0.3) is 0 Å². The molecule has 2 aromatic rings. The summed E-state index contributed by atoms with van der Waals surface area (Å²) in [6.07, 6.45) is 3.11. The van der Waals surface area contributed by atoms with Crippen LogP contribution < -0.4 is 10.6 Å². The van der Waals surface area contributed by atoms with Crippen LogP contribution in [0.2, 0.25) is 0 Å². The van der Waals surface area contributed by atoms with Gasteiger partial charge < -0.3 is 20.5 Å². The molecule has 0 radical (unpaired) electrons. The number of alkyl carbamates (subject to hydrolysis) is 1. The van der Waals surface area contributed by atoms with Crippen molar-refractivity contribution in [2.75, 3.05) is 6.61 Å². The van der Waals surface area contributed by atoms with E-state index in [1.165, 1.54) is 0 Å². The minimum atomic E-state index is -1.04. The Morgan fingerprint density at radius 3 is 2.20 bits per heavy atom. The van der Waals surface area contributed by atoms with Crippen molar-refractivity contribution < 1.29 is 24.2 Å². The number of fused-ring (bicyclic) bond motifs is 3. The van der Waals surface area contributed by atoms with Gasteiger partial charge in [-0.25, -0.2) is 9.59 Å². The van der Waals surface area contributed by atoms with Crippen molar-refractivity contribution in [3.05, 3.63) is 59.7 Å². The summed E-state index contributed by atoms with van der Waals surface area (Å²) >= 11 is 0. The standard InChI is InChI=1S/C28H34N2O5/c1-3-17(2)25(27(32)33)30-26(31)22-14-8-9-15-24(22)29-28(34)35-16-23-20-12-6-4-10-18(20)19-11-5-7-13-21(19)23/h4-7,10-13,17,22-25H,3,8-9,14-16H2,1-2H3,(H,29,34)(H,30,31)(H,32,33)/t17-,22?,24?,25-/m0/s1. The van der Waals surface area contributed by atoms with Gasteiger partial charge >= 0.3 is 12.1 Å². The van der Waals surface area contributed by atoms with Crippen molar-refractivity contribution in [3.63, 3.8) is 0 Å². The number of carboxylic acids is 1. The van der Waals surface area contributed by atoms with E-state index in [2.05, 4.69) is 34.9 Å². The highest BCUT2D eigenvalue weighted by molar-refractivity contribution is 5.86. The van der Waals surface area contributed by atoms with Crippen LogP contribution in [0.4, 0.5) is 4.79 Å². The third kappa shape index (κ3) is 5.34. The molecule has 7 heteroatoms. The predicted octanol–water partition coefficient (Wildman–Crippen LogP) is 4.70. The van der Waals surface area contributed by atoms with Crippen molar-refractivity contribution in [2.45, 2.75) is 64.0 Å². The molecule has 3 N–H and O–H groups in total. The van der Waals surface area contributed by atoms with Gasteiger partial charge in [-0.3, -0.25) is 4.79 Å². The summed E-state index contributed by atoms with van der Waals surface area (Å²) in [5, 5.41) is 15.1. The van der Waals surface area contributed by atoms with Gasteiger partial charge in [-0.05, 0) is 41.0 Å². The molecule has 0 saturated heterocycles. The second kappa shape index (κ2) is 10.9. The molecule has 35 heavy (non-hydrogen) atoms. The maximum absolute atomic E-state index is 13.0. The minimum Gasteiger partial charge on any atom is -0.480 e. The predicted molar refractivity (Wildman–Crippen MR) is 133 cm³/mol. The third-order valence-electron chi connectivity index (χ3n) is 7.53. The fraction of sp³-hybridized carbons (Fsp3) is 0.464. The molecule has 7 nitrogen and oxygen atoms in total. The molecule has 2 aromatic carbocycles. The van der Waals surface area contributed by atoms with E-state index in [1.54, 1.807) is 0 Å². The summed E-state index contributed by atoms with van der Waals surface area (Å²) in [6.45, 7) is 3.92. The van der Waals surface area contributed by atoms with Crippen LogP contribution in [0.1, 0.15) is 63.0 Å². The van der Waals surface area contributed by atoms with E-state index in [0.29, 0.717) is 19.3 Å². The Morgan fingerprint density at radius 1 is 1.00 bits per heavy atom. The maximum atomic E-state index is 13.0. The van der Waals surface area contributed by atoms with Crippen molar-refractivity contribution in [3.8, 4) is 11.1 Å². The quantitative estimate of drug-likeness (QED) is 0.510. The second-order valence-electron chi connectivity index (χ2n) is 9.68. The summed E-state index contributed by atoms with van der Waals surface area (Å²) in [5.41, 5.74) is 4.60. The lowest BCUT2D eigenvalue weighted by atomic mass is 9.83. The molecule has 2 aliphatic rings. The fourth-order valence-electron chi connectivity index (χ4n) is 5.35. The molecule has 0 aromatic heterocycles. The van der Waals surface area contributed by atoms with E-state index < -0.39 is 24.0 Å². The number of amides is 2. The first-order valence-electron chi connectivity index (χ1n) is 12.5. The number of ether oxygens (including phenoxy) is 1. The highest BCUT2D eigenvalue weighted by Crippen LogP contribution is 2.44. The molecule has 186 valence electrons. The van der Waals surface area contributed by atoms with Crippen molar-refractivity contribution in [1.82, 2.24) is 10.6 Å². The van der Waals surface area contributed by atoms with E-state index in [-0.39, 0.29) is 30.4 Å². The molecule has 4 atom stereocenters. The summed E-state index contributed by atoms with van der Waals surface area (Å²) < 4.78 is 5.67. The summed E-state index contributed by atoms with van der Waals surface area (Å²) in [4.78, 5) is 37.4. The number of nitrogens with one attached hydrogen (secondary N) is 2. The van der Waals surface area contributed by atoms with E-state index in [4.69, 9.17) is 4.74 Å². The molecule has 2 unspecified atom stereocenters. The smallest absolute Gasteiger partial charge is 0.407 e. The first kappa shape index (κ1) is 24.8. The third-order valence-corrected chi connectivity index (χ3v) is 7.53. The number of hydrogen-bond donors (Lipinski definition) is 3. The van der Waals surface area contributed by atoms with Gasteiger partial charge in [-0.1, -0.05) is 81.6 Å². The minimum absolute atomic E-state index is 0.0366. The number of benzene rings is 2. The van der Waals surface area contributed by atoms with E-state index >= 15 is 0 Å². The van der Waals surface area contributed by atoms with Crippen LogP contribution in [0.3, 0.4) is 0 Å². The zero-order chi connectivity index (χ0) is 24.9. The molecule has 1 fully saturated rings. The molecular weight excluding hydrogens is 444 g/mol. The molecule has 2 amide bonds. The molecular formula is C28H34N2O5. The normalized spacial score (nSPS) is 20.7. The summed E-state index contributed by atoms with van der Waals surface area (Å²) in [6, 6.07) is 15.0. The Balaban J connectivity index is 1.39. The summed E-state index contributed by atoms with van der Waals surface area (Å²) in [5.74, 6) is -2.06. The number of aliphatic carboxylic acids is 1. The second-order valence-corrected chi connectivity index (χ2v) is 9.68. The first-order chi connectivity index (χ1) is 16.9. The molecule has 0 spiro atoms. The monoisotopic (exact) mass is 478 g/mol. The van der Waals surface area contributed by atoms with Crippen LogP contribution >= 0.6 is 0 Å². The largest absolute Gasteiger partial charge is 0.480 e. The topological polar surface area (TPSA) is 105 Å². The van der Waals surface area contributed by atoms with Crippen molar-refractivity contribution in [1.29, 1.82) is 0 Å². The van der Waals surface area contributed by atoms with Gasteiger partial charge in [0.2, 0.25) is 5.91 Å². The summed E-state index contributed by atoms with van der Waals surface area (Å²) in [7, 11) is 0. The van der Waals surface area contributed by atoms with Gasteiger partial charge in [0.05, 0.1) is 5.92 Å². The molecule has 0 bridgehead atoms. The van der Waals surface area contributed by atoms with Crippen LogP contribution in [0.5, 0.6) is 0 Å². The zero-order valence-electron chi connectivity index (χ0n) is 20.3. The van der Waals surface area contributed by atoms with Crippen LogP contribution in [-0.4, -0.2) is 41.8 Å². The maximum Gasteiger partial charge on any atom is 0.407 e. The number of carbonyl (C=O) groups is 3.